The highest BCUT2D eigenvalue weighted by molar-refractivity contribution is 6.10. The molecular weight excluding hydrogens is 352 g/mol. The molecule has 7 nitrogen and oxygen atoms in total. The quantitative estimate of drug-likeness (QED) is 0.466. The first kappa shape index (κ1) is 16.7. The summed E-state index contributed by atoms with van der Waals surface area (Å²) >= 11 is 0. The standard InChI is InChI=1S/C20H14O7/c1-9-2-15(23)19-11(5-14-6-13(22)8-17(25)27-14)3-10-4-12(21)7-16(24)18(10)20(19)26-9/h2-4,6-8,22-24H,5H2,1H3. The third-order valence-corrected chi connectivity index (χ3v) is 4.26. The van der Waals surface area contributed by atoms with Gasteiger partial charge in [-0.25, -0.2) is 4.79 Å². The lowest BCUT2D eigenvalue weighted by molar-refractivity contribution is 0.428. The second kappa shape index (κ2) is 5.91. The highest BCUT2D eigenvalue weighted by Crippen LogP contribution is 2.39. The zero-order valence-electron chi connectivity index (χ0n) is 14.1. The second-order valence-electron chi connectivity index (χ2n) is 6.30. The molecule has 0 unspecified atom stereocenters. The molecular formula is C20H14O7. The Balaban J connectivity index is 2.09. The lowest BCUT2D eigenvalue weighted by Gasteiger charge is -2.12. The maximum Gasteiger partial charge on any atom is 0.339 e. The van der Waals surface area contributed by atoms with E-state index in [0.29, 0.717) is 27.5 Å². The van der Waals surface area contributed by atoms with Crippen LogP contribution in [0.3, 0.4) is 0 Å². The predicted octanol–water partition coefficient (Wildman–Crippen LogP) is 2.92. The van der Waals surface area contributed by atoms with Crippen molar-refractivity contribution in [2.75, 3.05) is 0 Å². The number of hydrogen-bond acceptors (Lipinski definition) is 7. The first-order chi connectivity index (χ1) is 12.8. The van der Waals surface area contributed by atoms with E-state index in [0.717, 1.165) is 12.1 Å². The van der Waals surface area contributed by atoms with Crippen LogP contribution in [-0.4, -0.2) is 15.3 Å². The highest BCUT2D eigenvalue weighted by Gasteiger charge is 2.18. The van der Waals surface area contributed by atoms with Crippen LogP contribution in [0.1, 0.15) is 17.1 Å². The van der Waals surface area contributed by atoms with Gasteiger partial charge in [0, 0.05) is 24.6 Å². The molecule has 0 radical (unpaired) electrons. The Bertz CT molecular complexity index is 1330. The molecule has 0 aliphatic rings. The topological polar surface area (TPSA) is 121 Å². The van der Waals surface area contributed by atoms with E-state index in [4.69, 9.17) is 8.83 Å². The minimum absolute atomic E-state index is 0.0477. The van der Waals surface area contributed by atoms with Crippen LogP contribution in [0.5, 0.6) is 17.2 Å². The van der Waals surface area contributed by atoms with Gasteiger partial charge >= 0.3 is 5.63 Å². The van der Waals surface area contributed by atoms with Crippen molar-refractivity contribution < 1.29 is 24.2 Å². The zero-order valence-corrected chi connectivity index (χ0v) is 14.1. The predicted molar refractivity (Wildman–Crippen MR) is 97.5 cm³/mol. The summed E-state index contributed by atoms with van der Waals surface area (Å²) < 4.78 is 10.8. The molecule has 2 aromatic heterocycles. The number of aromatic hydroxyl groups is 3. The van der Waals surface area contributed by atoms with Crippen LogP contribution in [-0.2, 0) is 6.42 Å². The number of phenolic OH excluding ortho intramolecular Hbond substituents is 1. The van der Waals surface area contributed by atoms with E-state index in [1.807, 2.05) is 0 Å². The minimum atomic E-state index is -0.709. The number of rotatable bonds is 2. The molecule has 3 N–H and O–H groups in total. The summed E-state index contributed by atoms with van der Waals surface area (Å²) in [5.74, 6) is -0.00270. The third-order valence-electron chi connectivity index (χ3n) is 4.26. The van der Waals surface area contributed by atoms with Crippen LogP contribution in [0.25, 0.3) is 21.7 Å². The average molecular weight is 366 g/mol. The van der Waals surface area contributed by atoms with Crippen LogP contribution < -0.4 is 11.1 Å². The summed E-state index contributed by atoms with van der Waals surface area (Å²) in [4.78, 5) is 23.3. The normalized spacial score (nSPS) is 11.3. The summed E-state index contributed by atoms with van der Waals surface area (Å²) in [6.45, 7) is 1.64. The Labute approximate surface area is 151 Å². The Hall–Kier alpha value is -3.74. The number of benzene rings is 2. The van der Waals surface area contributed by atoms with Crippen LogP contribution in [0.4, 0.5) is 0 Å². The first-order valence-electron chi connectivity index (χ1n) is 8.07. The van der Waals surface area contributed by atoms with Gasteiger partial charge in [0.25, 0.3) is 0 Å². The zero-order chi connectivity index (χ0) is 19.3. The fraction of sp³-hybridized carbons (Fsp3) is 0.100. The fourth-order valence-electron chi connectivity index (χ4n) is 3.28. The van der Waals surface area contributed by atoms with E-state index in [9.17, 15) is 24.9 Å². The molecule has 4 aromatic rings. The van der Waals surface area contributed by atoms with Gasteiger partial charge in [-0.1, -0.05) is 0 Å². The molecule has 0 bridgehead atoms. The van der Waals surface area contributed by atoms with Gasteiger partial charge in [0.15, 0.2) is 5.43 Å². The van der Waals surface area contributed by atoms with Crippen molar-refractivity contribution in [2.45, 2.75) is 13.3 Å². The Morgan fingerprint density at radius 3 is 2.33 bits per heavy atom. The van der Waals surface area contributed by atoms with Gasteiger partial charge in [-0.3, -0.25) is 4.79 Å². The van der Waals surface area contributed by atoms with E-state index in [1.165, 1.54) is 18.2 Å². The molecule has 0 aliphatic heterocycles. The van der Waals surface area contributed by atoms with Crippen molar-refractivity contribution in [3.8, 4) is 17.2 Å². The van der Waals surface area contributed by atoms with E-state index < -0.39 is 5.63 Å². The molecule has 7 heteroatoms. The van der Waals surface area contributed by atoms with Gasteiger partial charge in [-0.2, -0.15) is 0 Å². The summed E-state index contributed by atoms with van der Waals surface area (Å²) in [7, 11) is 0. The molecule has 0 spiro atoms. The summed E-state index contributed by atoms with van der Waals surface area (Å²) in [5.41, 5.74) is -0.386. The van der Waals surface area contributed by atoms with Gasteiger partial charge in [0.2, 0.25) is 0 Å². The fourth-order valence-corrected chi connectivity index (χ4v) is 3.28. The lowest BCUT2D eigenvalue weighted by atomic mass is 9.97. The van der Waals surface area contributed by atoms with Crippen molar-refractivity contribution >= 4 is 21.7 Å². The van der Waals surface area contributed by atoms with E-state index in [2.05, 4.69) is 0 Å². The van der Waals surface area contributed by atoms with Gasteiger partial charge in [0.05, 0.1) is 16.8 Å². The largest absolute Gasteiger partial charge is 0.508 e. The summed E-state index contributed by atoms with van der Waals surface area (Å²) in [6, 6.07) is 7.68. The number of aryl methyl sites for hydroxylation is 1. The molecule has 0 saturated carbocycles. The van der Waals surface area contributed by atoms with E-state index >= 15 is 0 Å². The molecule has 27 heavy (non-hydrogen) atoms. The lowest BCUT2D eigenvalue weighted by Crippen LogP contribution is -2.01. The molecule has 0 fully saturated rings. The Morgan fingerprint density at radius 1 is 0.852 bits per heavy atom. The van der Waals surface area contributed by atoms with E-state index in [1.54, 1.807) is 13.0 Å². The van der Waals surface area contributed by atoms with Crippen molar-refractivity contribution in [3.63, 3.8) is 0 Å². The summed E-state index contributed by atoms with van der Waals surface area (Å²) in [6.07, 6.45) is 0.0477. The third kappa shape index (κ3) is 2.89. The monoisotopic (exact) mass is 366 g/mol. The number of hydrogen-bond donors (Lipinski definition) is 3. The van der Waals surface area contributed by atoms with Gasteiger partial charge in [-0.05, 0) is 30.0 Å². The van der Waals surface area contributed by atoms with Crippen LogP contribution in [0, 0.1) is 6.92 Å². The van der Waals surface area contributed by atoms with Crippen LogP contribution >= 0.6 is 0 Å². The first-order valence-corrected chi connectivity index (χ1v) is 8.07. The second-order valence-corrected chi connectivity index (χ2v) is 6.30. The van der Waals surface area contributed by atoms with Crippen molar-refractivity contribution in [1.29, 1.82) is 0 Å². The molecule has 0 saturated heterocycles. The number of phenols is 1. The van der Waals surface area contributed by atoms with Crippen LogP contribution in [0.15, 0.2) is 54.8 Å². The van der Waals surface area contributed by atoms with Gasteiger partial charge in [-0.15, -0.1) is 0 Å². The molecule has 0 amide bonds. The number of fused-ring (bicyclic) bond motifs is 3. The van der Waals surface area contributed by atoms with Crippen molar-refractivity contribution in [2.24, 2.45) is 0 Å². The molecule has 0 aliphatic carbocycles. The summed E-state index contributed by atoms with van der Waals surface area (Å²) in [5, 5.41) is 31.4. The Morgan fingerprint density at radius 2 is 1.59 bits per heavy atom. The van der Waals surface area contributed by atoms with Crippen molar-refractivity contribution in [1.82, 2.24) is 0 Å². The minimum Gasteiger partial charge on any atom is -0.508 e. The van der Waals surface area contributed by atoms with Crippen LogP contribution in [0.2, 0.25) is 0 Å². The molecule has 0 atom stereocenters. The van der Waals surface area contributed by atoms with Gasteiger partial charge in [0.1, 0.15) is 34.4 Å². The SMILES string of the molecule is Cc1cc(O)c2c(Cc3cc(O)cc(=O)o3)cc3cc(=O)cc(O)c3c2o1. The van der Waals surface area contributed by atoms with E-state index in [-0.39, 0.29) is 40.4 Å². The molecule has 4 rings (SSSR count). The molecule has 2 heterocycles. The molecule has 2 aromatic carbocycles. The van der Waals surface area contributed by atoms with Gasteiger partial charge < -0.3 is 24.2 Å². The average Bonchev–Trinajstić information content (AvgIpc) is 2.52. The molecule has 136 valence electrons. The van der Waals surface area contributed by atoms with Crippen molar-refractivity contribution in [3.05, 3.63) is 74.1 Å². The highest BCUT2D eigenvalue weighted by atomic mass is 16.4. The smallest absolute Gasteiger partial charge is 0.339 e. The maximum atomic E-state index is 11.8. The maximum absolute atomic E-state index is 11.8. The Kier molecular flexibility index (Phi) is 3.66.